The van der Waals surface area contributed by atoms with Crippen LogP contribution < -0.4 is 11.1 Å². The van der Waals surface area contributed by atoms with E-state index in [1.165, 1.54) is 0 Å². The first-order valence-corrected chi connectivity index (χ1v) is 23.3. The van der Waals surface area contributed by atoms with Gasteiger partial charge in [-0.15, -0.1) is 0 Å². The number of amides is 4. The number of nitrogens with zero attached hydrogens (tertiary/aromatic N) is 2. The molecule has 68 heavy (non-hydrogen) atoms. The van der Waals surface area contributed by atoms with Crippen molar-refractivity contribution in [1.29, 1.82) is 0 Å². The van der Waals surface area contributed by atoms with Crippen molar-refractivity contribution in [1.82, 2.24) is 14.8 Å². The Bertz CT molecular complexity index is 2680. The minimum Gasteiger partial charge on any atom is -0.460 e. The van der Waals surface area contributed by atoms with E-state index < -0.39 is 53.0 Å². The second kappa shape index (κ2) is 20.4. The number of anilines is 1. The van der Waals surface area contributed by atoms with E-state index in [-0.39, 0.29) is 48.3 Å². The van der Waals surface area contributed by atoms with Crippen LogP contribution in [0.1, 0.15) is 119 Å². The van der Waals surface area contributed by atoms with Crippen LogP contribution in [0.25, 0.3) is 22.2 Å². The lowest BCUT2D eigenvalue weighted by molar-refractivity contribution is -0.158. The van der Waals surface area contributed by atoms with Crippen LogP contribution in [0.15, 0.2) is 103 Å². The average molecular weight is 924 g/mol. The Labute approximate surface area is 396 Å². The largest absolute Gasteiger partial charge is 0.460 e. The van der Waals surface area contributed by atoms with E-state index in [0.717, 1.165) is 0 Å². The number of ketones is 1. The van der Waals surface area contributed by atoms with Crippen LogP contribution in [0, 0.1) is 0 Å². The number of nitrogens with one attached hydrogen (secondary N) is 2. The molecule has 4 amide bonds. The Morgan fingerprint density at radius 3 is 1.68 bits per heavy atom. The van der Waals surface area contributed by atoms with Crippen LogP contribution in [0.4, 0.5) is 5.69 Å². The summed E-state index contributed by atoms with van der Waals surface area (Å²) in [6, 6.07) is 28.9. The number of ether oxygens (including phenoxy) is 2. The smallest absolute Gasteiger partial charge is 0.307 e. The lowest BCUT2D eigenvalue weighted by atomic mass is 9.93. The number of Topliss-reactive ketones (excluding diaryl/α,β-unsaturated/α-hetero) is 1. The van der Waals surface area contributed by atoms with Gasteiger partial charge in [-0.3, -0.25) is 33.6 Å². The summed E-state index contributed by atoms with van der Waals surface area (Å²) in [5, 5.41) is 3.48. The number of nitrogens with two attached hydrogens (primary N) is 1. The van der Waals surface area contributed by atoms with Crippen LogP contribution in [0.3, 0.4) is 0 Å². The van der Waals surface area contributed by atoms with Gasteiger partial charge in [0.25, 0.3) is 5.91 Å². The summed E-state index contributed by atoms with van der Waals surface area (Å²) in [6.45, 7) is 11.4. The number of benzene rings is 4. The van der Waals surface area contributed by atoms with Gasteiger partial charge in [-0.1, -0.05) is 78.9 Å². The lowest BCUT2D eigenvalue weighted by Crippen LogP contribution is -2.45. The van der Waals surface area contributed by atoms with E-state index in [2.05, 4.69) is 10.3 Å². The average Bonchev–Trinajstić information content (AvgIpc) is 4.06. The standard InChI is InChI=1S/C54H61N5O9/c1-53(2,3)67-45(61)31-38(34-15-9-7-10-16-34)51(65)58-27-13-19-42(58)44(60)30-33-21-26-41-40(29-33)47(49(55)63)48(57-41)36-22-24-37(25-23-36)56-50(64)43-20-14-28-59(43)52(66)39(35-17-11-8-12-18-35)32-46(62)68-54(4,5)6/h7-12,15-18,21-26,29,38-39,42-43,57H,13-14,19-20,27-28,30-32H2,1-6H3,(H2,55,63)(H,56,64)/t38-,39-,42+,43+/m1/s1. The molecule has 5 aromatic rings. The number of likely N-dealkylation sites (tertiary alicyclic amines) is 2. The first-order chi connectivity index (χ1) is 32.3. The molecule has 356 valence electrons. The van der Waals surface area contributed by atoms with Crippen molar-refractivity contribution in [2.45, 2.75) is 122 Å². The second-order valence-electron chi connectivity index (χ2n) is 19.7. The van der Waals surface area contributed by atoms with Crippen LogP contribution in [0.5, 0.6) is 0 Å². The molecule has 3 heterocycles. The van der Waals surface area contributed by atoms with Gasteiger partial charge in [0.15, 0.2) is 5.78 Å². The van der Waals surface area contributed by atoms with Gasteiger partial charge in [-0.2, -0.15) is 0 Å². The molecule has 2 aliphatic heterocycles. The molecule has 0 bridgehead atoms. The molecular weight excluding hydrogens is 863 g/mol. The highest BCUT2D eigenvalue weighted by atomic mass is 16.6. The van der Waals surface area contributed by atoms with Crippen molar-refractivity contribution >= 4 is 57.9 Å². The van der Waals surface area contributed by atoms with Crippen molar-refractivity contribution in [3.05, 3.63) is 125 Å². The third-order valence-corrected chi connectivity index (χ3v) is 12.3. The van der Waals surface area contributed by atoms with Crippen molar-refractivity contribution in [2.75, 3.05) is 18.4 Å². The minimum atomic E-state index is -0.823. The van der Waals surface area contributed by atoms with E-state index in [4.69, 9.17) is 15.2 Å². The Hall–Kier alpha value is -7.09. The van der Waals surface area contributed by atoms with Gasteiger partial charge < -0.3 is 35.3 Å². The monoisotopic (exact) mass is 923 g/mol. The number of rotatable bonds is 15. The summed E-state index contributed by atoms with van der Waals surface area (Å²) in [7, 11) is 0. The third-order valence-electron chi connectivity index (χ3n) is 12.3. The molecule has 14 nitrogen and oxygen atoms in total. The number of carbonyl (C=O) groups is 7. The van der Waals surface area contributed by atoms with Gasteiger partial charge in [-0.05, 0) is 114 Å². The van der Waals surface area contributed by atoms with Crippen molar-refractivity contribution in [3.63, 3.8) is 0 Å². The molecule has 7 rings (SSSR count). The molecule has 4 aromatic carbocycles. The number of H-pyrrole nitrogens is 1. The first kappa shape index (κ1) is 48.8. The SMILES string of the molecule is CC(C)(C)OC(=O)C[C@@H](C(=O)N1CCC[C@H]1C(=O)Cc1ccc2[nH]c(-c3ccc(NC(=O)[C@@H]4CCCN4C(=O)[C@H](CC(=O)OC(C)(C)C)c4ccccc4)cc3)c(C(N)=O)c2c1)c1ccccc1. The van der Waals surface area contributed by atoms with Gasteiger partial charge in [0.2, 0.25) is 17.7 Å². The molecule has 0 radical (unpaired) electrons. The molecule has 14 heteroatoms. The summed E-state index contributed by atoms with van der Waals surface area (Å²) in [5.41, 5.74) is 8.95. The number of hydrogen-bond donors (Lipinski definition) is 3. The molecule has 2 fully saturated rings. The number of esters is 2. The molecule has 0 unspecified atom stereocenters. The predicted molar refractivity (Wildman–Crippen MR) is 258 cm³/mol. The predicted octanol–water partition coefficient (Wildman–Crippen LogP) is 8.00. The van der Waals surface area contributed by atoms with E-state index in [1.54, 1.807) is 118 Å². The number of aromatic nitrogens is 1. The van der Waals surface area contributed by atoms with E-state index in [0.29, 0.717) is 83.3 Å². The summed E-state index contributed by atoms with van der Waals surface area (Å²) < 4.78 is 11.1. The maximum atomic E-state index is 14.2. The zero-order valence-electron chi connectivity index (χ0n) is 39.6. The molecule has 4 atom stereocenters. The fourth-order valence-electron chi connectivity index (χ4n) is 9.32. The van der Waals surface area contributed by atoms with Crippen LogP contribution in [0.2, 0.25) is 0 Å². The van der Waals surface area contributed by atoms with Crippen LogP contribution >= 0.6 is 0 Å². The van der Waals surface area contributed by atoms with Crippen molar-refractivity contribution < 1.29 is 43.0 Å². The topological polar surface area (TPSA) is 198 Å². The first-order valence-electron chi connectivity index (χ1n) is 23.3. The quantitative estimate of drug-likeness (QED) is 0.0871. The molecular formula is C54H61N5O9. The summed E-state index contributed by atoms with van der Waals surface area (Å²) in [5.74, 6) is -4.46. The number of aromatic amines is 1. The minimum absolute atomic E-state index is 0.000237. The van der Waals surface area contributed by atoms with Gasteiger partial charge in [0.1, 0.15) is 17.2 Å². The Balaban J connectivity index is 1.04. The molecule has 0 aliphatic carbocycles. The van der Waals surface area contributed by atoms with Crippen molar-refractivity contribution in [3.8, 4) is 11.3 Å². The van der Waals surface area contributed by atoms with E-state index >= 15 is 0 Å². The highest BCUT2D eigenvalue weighted by molar-refractivity contribution is 6.12. The van der Waals surface area contributed by atoms with Crippen molar-refractivity contribution in [2.24, 2.45) is 5.73 Å². The number of primary amides is 1. The normalized spacial score (nSPS) is 17.1. The summed E-state index contributed by atoms with van der Waals surface area (Å²) in [4.78, 5) is 102. The fraction of sp³-hybridized carbons (Fsp3) is 0.389. The number of fused-ring (bicyclic) bond motifs is 1. The van der Waals surface area contributed by atoms with E-state index in [1.807, 2.05) is 36.4 Å². The molecule has 0 spiro atoms. The zero-order chi connectivity index (χ0) is 48.9. The molecule has 4 N–H and O–H groups in total. The van der Waals surface area contributed by atoms with Gasteiger partial charge in [0.05, 0.1) is 42.0 Å². The maximum Gasteiger partial charge on any atom is 0.307 e. The Morgan fingerprint density at radius 1 is 0.676 bits per heavy atom. The molecule has 1 aromatic heterocycles. The lowest BCUT2D eigenvalue weighted by Gasteiger charge is -2.29. The summed E-state index contributed by atoms with van der Waals surface area (Å²) >= 11 is 0. The Kier molecular flexibility index (Phi) is 14.7. The van der Waals surface area contributed by atoms with Gasteiger partial charge in [0, 0.05) is 36.1 Å². The molecule has 2 aliphatic rings. The fourth-order valence-corrected chi connectivity index (χ4v) is 9.32. The second-order valence-corrected chi connectivity index (χ2v) is 19.7. The summed E-state index contributed by atoms with van der Waals surface area (Å²) in [6.07, 6.45) is 1.87. The molecule has 0 saturated carbocycles. The van der Waals surface area contributed by atoms with Gasteiger partial charge >= 0.3 is 11.9 Å². The van der Waals surface area contributed by atoms with Crippen LogP contribution in [-0.4, -0.2) is 92.5 Å². The van der Waals surface area contributed by atoms with Gasteiger partial charge in [-0.25, -0.2) is 0 Å². The Morgan fingerprint density at radius 2 is 1.18 bits per heavy atom. The highest BCUT2D eigenvalue weighted by Crippen LogP contribution is 2.34. The maximum absolute atomic E-state index is 14.2. The number of carbonyl (C=O) groups excluding carboxylic acids is 7. The zero-order valence-corrected chi connectivity index (χ0v) is 39.6. The third kappa shape index (κ3) is 11.7. The van der Waals surface area contributed by atoms with E-state index in [9.17, 15) is 33.6 Å². The molecule has 2 saturated heterocycles. The highest BCUT2D eigenvalue weighted by Gasteiger charge is 2.40. The van der Waals surface area contributed by atoms with Crippen LogP contribution in [-0.2, 0) is 44.7 Å². The number of hydrogen-bond acceptors (Lipinski definition) is 9.